The molecular formula is C18H20O3. The van der Waals surface area contributed by atoms with E-state index in [1.807, 2.05) is 61.5 Å². The average molecular weight is 284 g/mol. The molecule has 0 aromatic heterocycles. The van der Waals surface area contributed by atoms with E-state index in [9.17, 15) is 4.79 Å². The number of carbonyl (C=O) groups excluding carboxylic acids is 1. The number of hydrogen-bond acceptors (Lipinski definition) is 3. The lowest BCUT2D eigenvalue weighted by molar-refractivity contribution is 0.0372. The van der Waals surface area contributed by atoms with Crippen molar-refractivity contribution in [1.29, 1.82) is 0 Å². The molecule has 1 atom stereocenters. The first kappa shape index (κ1) is 15.3. The minimum absolute atomic E-state index is 0.00490. The van der Waals surface area contributed by atoms with Crippen LogP contribution in [0.2, 0.25) is 0 Å². The Balaban J connectivity index is 1.75. The minimum atomic E-state index is -0.466. The molecule has 0 aliphatic carbocycles. The van der Waals surface area contributed by atoms with Gasteiger partial charge in [0.1, 0.15) is 18.5 Å². The molecule has 2 aromatic carbocycles. The van der Waals surface area contributed by atoms with Gasteiger partial charge in [-0.3, -0.25) is 4.79 Å². The molecular weight excluding hydrogens is 264 g/mol. The summed E-state index contributed by atoms with van der Waals surface area (Å²) in [5, 5.41) is 0. The normalized spacial score (nSPS) is 11.9. The van der Waals surface area contributed by atoms with E-state index in [4.69, 9.17) is 9.47 Å². The van der Waals surface area contributed by atoms with Gasteiger partial charge >= 0.3 is 0 Å². The Kier molecular flexibility index (Phi) is 5.52. The molecule has 0 aliphatic heterocycles. The van der Waals surface area contributed by atoms with Crippen molar-refractivity contribution in [3.63, 3.8) is 0 Å². The zero-order valence-electron chi connectivity index (χ0n) is 12.4. The summed E-state index contributed by atoms with van der Waals surface area (Å²) in [6, 6.07) is 17.1. The van der Waals surface area contributed by atoms with E-state index in [1.165, 1.54) is 0 Å². The van der Waals surface area contributed by atoms with Gasteiger partial charge in [-0.05, 0) is 26.0 Å². The van der Waals surface area contributed by atoms with Crippen molar-refractivity contribution in [2.24, 2.45) is 0 Å². The fraction of sp³-hybridized carbons (Fsp3) is 0.278. The highest BCUT2D eigenvalue weighted by molar-refractivity contribution is 5.99. The molecule has 0 saturated heterocycles. The molecule has 0 heterocycles. The lowest BCUT2D eigenvalue weighted by Crippen LogP contribution is -2.23. The van der Waals surface area contributed by atoms with E-state index in [0.717, 1.165) is 11.3 Å². The molecule has 0 aliphatic rings. The predicted molar refractivity (Wildman–Crippen MR) is 82.9 cm³/mol. The molecule has 2 rings (SSSR count). The molecule has 2 aromatic rings. The van der Waals surface area contributed by atoms with Crippen LogP contribution in [0.3, 0.4) is 0 Å². The Bertz CT molecular complexity index is 561. The predicted octanol–water partition coefficient (Wildman–Crippen LogP) is 3.66. The van der Waals surface area contributed by atoms with Crippen molar-refractivity contribution in [3.05, 3.63) is 65.7 Å². The lowest BCUT2D eigenvalue weighted by atomic mass is 10.1. The molecule has 0 N–H and O–H groups in total. The van der Waals surface area contributed by atoms with Gasteiger partial charge in [-0.25, -0.2) is 0 Å². The monoisotopic (exact) mass is 284 g/mol. The SMILES string of the molecule is Cc1ccc(C(=O)C(C)OCCOc2ccccc2)cc1. The van der Waals surface area contributed by atoms with Crippen LogP contribution in [0.15, 0.2) is 54.6 Å². The van der Waals surface area contributed by atoms with Gasteiger partial charge in [0, 0.05) is 5.56 Å². The van der Waals surface area contributed by atoms with Gasteiger partial charge < -0.3 is 9.47 Å². The Morgan fingerprint density at radius 1 is 1.00 bits per heavy atom. The second-order valence-electron chi connectivity index (χ2n) is 4.90. The molecule has 0 bridgehead atoms. The summed E-state index contributed by atoms with van der Waals surface area (Å²) in [5.41, 5.74) is 1.81. The number of ketones is 1. The van der Waals surface area contributed by atoms with Crippen LogP contribution >= 0.6 is 0 Å². The third-order valence-electron chi connectivity index (χ3n) is 3.17. The third-order valence-corrected chi connectivity index (χ3v) is 3.17. The fourth-order valence-corrected chi connectivity index (χ4v) is 1.93. The van der Waals surface area contributed by atoms with E-state index in [0.29, 0.717) is 18.8 Å². The third kappa shape index (κ3) is 4.72. The topological polar surface area (TPSA) is 35.5 Å². The van der Waals surface area contributed by atoms with Crippen LogP contribution < -0.4 is 4.74 Å². The summed E-state index contributed by atoms with van der Waals surface area (Å²) >= 11 is 0. The van der Waals surface area contributed by atoms with Gasteiger partial charge in [0.25, 0.3) is 0 Å². The van der Waals surface area contributed by atoms with Gasteiger partial charge in [-0.15, -0.1) is 0 Å². The van der Waals surface area contributed by atoms with Gasteiger partial charge in [0.15, 0.2) is 5.78 Å². The van der Waals surface area contributed by atoms with Crippen molar-refractivity contribution < 1.29 is 14.3 Å². The van der Waals surface area contributed by atoms with E-state index in [-0.39, 0.29) is 5.78 Å². The summed E-state index contributed by atoms with van der Waals surface area (Å²) in [7, 11) is 0. The van der Waals surface area contributed by atoms with Crippen molar-refractivity contribution in [1.82, 2.24) is 0 Å². The van der Waals surface area contributed by atoms with Crippen molar-refractivity contribution in [2.45, 2.75) is 20.0 Å². The maximum Gasteiger partial charge on any atom is 0.191 e. The zero-order valence-corrected chi connectivity index (χ0v) is 12.4. The van der Waals surface area contributed by atoms with Crippen LogP contribution in [0.4, 0.5) is 0 Å². The van der Waals surface area contributed by atoms with Crippen LogP contribution in [0.25, 0.3) is 0 Å². The molecule has 21 heavy (non-hydrogen) atoms. The Hall–Kier alpha value is -2.13. The maximum absolute atomic E-state index is 12.2. The van der Waals surface area contributed by atoms with Crippen LogP contribution in [0.5, 0.6) is 5.75 Å². The number of rotatable bonds is 7. The van der Waals surface area contributed by atoms with E-state index >= 15 is 0 Å². The lowest BCUT2D eigenvalue weighted by Gasteiger charge is -2.13. The van der Waals surface area contributed by atoms with Crippen molar-refractivity contribution in [2.75, 3.05) is 13.2 Å². The molecule has 3 nitrogen and oxygen atoms in total. The van der Waals surface area contributed by atoms with E-state index < -0.39 is 6.10 Å². The maximum atomic E-state index is 12.2. The molecule has 0 amide bonds. The Morgan fingerprint density at radius 2 is 1.67 bits per heavy atom. The minimum Gasteiger partial charge on any atom is -0.491 e. The number of Topliss-reactive ketones (excluding diaryl/α,β-unsaturated/α-hetero) is 1. The van der Waals surface area contributed by atoms with Gasteiger partial charge in [0.2, 0.25) is 0 Å². The number of hydrogen-bond donors (Lipinski definition) is 0. The van der Waals surface area contributed by atoms with Gasteiger partial charge in [-0.1, -0.05) is 48.0 Å². The van der Waals surface area contributed by atoms with Crippen molar-refractivity contribution >= 4 is 5.78 Å². The number of carbonyl (C=O) groups is 1. The average Bonchev–Trinajstić information content (AvgIpc) is 2.52. The van der Waals surface area contributed by atoms with Gasteiger partial charge in [-0.2, -0.15) is 0 Å². The summed E-state index contributed by atoms with van der Waals surface area (Å²) in [5.74, 6) is 0.799. The van der Waals surface area contributed by atoms with Crippen LogP contribution in [-0.4, -0.2) is 25.1 Å². The van der Waals surface area contributed by atoms with Crippen LogP contribution in [0.1, 0.15) is 22.8 Å². The summed E-state index contributed by atoms with van der Waals surface area (Å²) in [4.78, 5) is 12.2. The number of aryl methyl sites for hydroxylation is 1. The first-order valence-electron chi connectivity index (χ1n) is 7.07. The zero-order chi connectivity index (χ0) is 15.1. The van der Waals surface area contributed by atoms with Crippen molar-refractivity contribution in [3.8, 4) is 5.75 Å². The summed E-state index contributed by atoms with van der Waals surface area (Å²) < 4.78 is 11.1. The molecule has 0 radical (unpaired) electrons. The van der Waals surface area contributed by atoms with Crippen LogP contribution in [-0.2, 0) is 4.74 Å². The Labute approximate surface area is 125 Å². The standard InChI is InChI=1S/C18H20O3/c1-14-8-10-16(11-9-14)18(19)15(2)20-12-13-21-17-6-4-3-5-7-17/h3-11,15H,12-13H2,1-2H3. The van der Waals surface area contributed by atoms with E-state index in [2.05, 4.69) is 0 Å². The first-order chi connectivity index (χ1) is 10.2. The highest BCUT2D eigenvalue weighted by Crippen LogP contribution is 2.10. The first-order valence-corrected chi connectivity index (χ1v) is 7.07. The largest absolute Gasteiger partial charge is 0.491 e. The number of ether oxygens (including phenoxy) is 2. The molecule has 0 saturated carbocycles. The highest BCUT2D eigenvalue weighted by Gasteiger charge is 2.15. The number of benzene rings is 2. The summed E-state index contributed by atoms with van der Waals surface area (Å²) in [6.07, 6.45) is -0.466. The second kappa shape index (κ2) is 7.60. The smallest absolute Gasteiger partial charge is 0.191 e. The second-order valence-corrected chi connectivity index (χ2v) is 4.90. The quantitative estimate of drug-likeness (QED) is 0.575. The molecule has 3 heteroatoms. The van der Waals surface area contributed by atoms with Gasteiger partial charge in [0.05, 0.1) is 6.61 Å². The summed E-state index contributed by atoms with van der Waals surface area (Å²) in [6.45, 7) is 4.57. The molecule has 110 valence electrons. The fourth-order valence-electron chi connectivity index (χ4n) is 1.93. The molecule has 1 unspecified atom stereocenters. The molecule has 0 spiro atoms. The van der Waals surface area contributed by atoms with E-state index in [1.54, 1.807) is 6.92 Å². The molecule has 0 fully saturated rings. The van der Waals surface area contributed by atoms with Crippen LogP contribution in [0, 0.1) is 6.92 Å². The Morgan fingerprint density at radius 3 is 2.33 bits per heavy atom. The number of para-hydroxylation sites is 1. The highest BCUT2D eigenvalue weighted by atomic mass is 16.5.